The fourth-order valence-electron chi connectivity index (χ4n) is 2.41. The zero-order chi connectivity index (χ0) is 14.7. The van der Waals surface area contributed by atoms with Gasteiger partial charge in [0.1, 0.15) is 11.9 Å². The maximum Gasteiger partial charge on any atom is 0.223 e. The van der Waals surface area contributed by atoms with Crippen molar-refractivity contribution < 1.29 is 9.26 Å². The zero-order valence-electron chi connectivity index (χ0n) is 12.4. The summed E-state index contributed by atoms with van der Waals surface area (Å²) in [6.45, 7) is 6.80. The molecule has 0 aromatic carbocycles. The molecule has 21 heavy (non-hydrogen) atoms. The molecule has 1 aliphatic rings. The van der Waals surface area contributed by atoms with Crippen molar-refractivity contribution in [2.45, 2.75) is 39.3 Å². The molecule has 0 saturated carbocycles. The molecule has 114 valence electrons. The highest BCUT2D eigenvalue weighted by Gasteiger charge is 2.26. The van der Waals surface area contributed by atoms with Crippen molar-refractivity contribution in [3.05, 3.63) is 23.4 Å². The van der Waals surface area contributed by atoms with Crippen LogP contribution in [0.25, 0.3) is 0 Å². The van der Waals surface area contributed by atoms with Crippen LogP contribution >= 0.6 is 0 Å². The van der Waals surface area contributed by atoms with E-state index in [0.717, 1.165) is 37.6 Å². The van der Waals surface area contributed by atoms with Gasteiger partial charge in [0.05, 0.1) is 13.2 Å². The third kappa shape index (κ3) is 3.45. The Labute approximate surface area is 122 Å². The normalized spacial score (nSPS) is 20.0. The Bertz CT molecular complexity index is 581. The number of H-pyrrole nitrogens is 1. The highest BCUT2D eigenvalue weighted by Crippen LogP contribution is 2.20. The van der Waals surface area contributed by atoms with E-state index in [4.69, 9.17) is 9.26 Å². The lowest BCUT2D eigenvalue weighted by molar-refractivity contribution is -0.0379. The lowest BCUT2D eigenvalue weighted by Gasteiger charge is -2.30. The summed E-state index contributed by atoms with van der Waals surface area (Å²) < 4.78 is 10.8. The Hall–Kier alpha value is -1.80. The van der Waals surface area contributed by atoms with Gasteiger partial charge in [0.25, 0.3) is 0 Å². The summed E-state index contributed by atoms with van der Waals surface area (Å²) in [6.07, 6.45) is 1.85. The van der Waals surface area contributed by atoms with Gasteiger partial charge in [-0.05, 0) is 6.42 Å². The molecule has 0 aliphatic carbocycles. The molecule has 0 bridgehead atoms. The molecule has 1 N–H and O–H groups in total. The van der Waals surface area contributed by atoms with Gasteiger partial charge in [-0.15, -0.1) is 0 Å². The second kappa shape index (κ2) is 6.31. The second-order valence-electron chi connectivity index (χ2n) is 5.21. The van der Waals surface area contributed by atoms with E-state index in [9.17, 15) is 0 Å². The Balaban J connectivity index is 1.61. The first-order valence-electron chi connectivity index (χ1n) is 7.29. The number of nitrogens with one attached hydrogen (secondary N) is 1. The number of hydrogen-bond donors (Lipinski definition) is 1. The SMILES string of the molecule is CCCc1nc([C@H]2CN(Cc3noc(C)n3)CCO2)n[nH]1. The van der Waals surface area contributed by atoms with E-state index < -0.39 is 0 Å². The first-order valence-corrected chi connectivity index (χ1v) is 7.29. The third-order valence-corrected chi connectivity index (χ3v) is 3.41. The lowest BCUT2D eigenvalue weighted by atomic mass is 10.2. The summed E-state index contributed by atoms with van der Waals surface area (Å²) in [4.78, 5) is 11.0. The first kappa shape index (κ1) is 14.2. The Morgan fingerprint density at radius 2 is 2.29 bits per heavy atom. The fourth-order valence-corrected chi connectivity index (χ4v) is 2.41. The predicted molar refractivity (Wildman–Crippen MR) is 73.4 cm³/mol. The summed E-state index contributed by atoms with van der Waals surface area (Å²) in [5.74, 6) is 2.94. The van der Waals surface area contributed by atoms with Crippen LogP contribution in [0.15, 0.2) is 4.52 Å². The molecule has 8 heteroatoms. The Morgan fingerprint density at radius 1 is 1.38 bits per heavy atom. The molecular formula is C13H20N6O2. The molecule has 2 aromatic rings. The van der Waals surface area contributed by atoms with Crippen LogP contribution in [0.3, 0.4) is 0 Å². The van der Waals surface area contributed by atoms with Gasteiger partial charge >= 0.3 is 0 Å². The number of ether oxygens (including phenoxy) is 1. The first-order chi connectivity index (χ1) is 10.2. The highest BCUT2D eigenvalue weighted by atomic mass is 16.5. The van der Waals surface area contributed by atoms with Crippen molar-refractivity contribution >= 4 is 0 Å². The number of rotatable bonds is 5. The topological polar surface area (TPSA) is 93.0 Å². The number of nitrogens with zero attached hydrogens (tertiary/aromatic N) is 5. The Morgan fingerprint density at radius 3 is 3.05 bits per heavy atom. The number of morpholine rings is 1. The zero-order valence-corrected chi connectivity index (χ0v) is 12.4. The van der Waals surface area contributed by atoms with Crippen molar-refractivity contribution in [3.8, 4) is 0 Å². The van der Waals surface area contributed by atoms with Gasteiger partial charge in [-0.25, -0.2) is 4.98 Å². The van der Waals surface area contributed by atoms with Crippen LogP contribution in [0.4, 0.5) is 0 Å². The van der Waals surface area contributed by atoms with Crippen molar-refractivity contribution in [2.24, 2.45) is 0 Å². The number of hydrogen-bond acceptors (Lipinski definition) is 7. The van der Waals surface area contributed by atoms with Gasteiger partial charge in [-0.1, -0.05) is 12.1 Å². The Kier molecular flexibility index (Phi) is 4.26. The summed E-state index contributed by atoms with van der Waals surface area (Å²) in [6, 6.07) is 0. The van der Waals surface area contributed by atoms with Gasteiger partial charge in [-0.3, -0.25) is 10.00 Å². The molecule has 3 heterocycles. The molecule has 3 rings (SSSR count). The van der Waals surface area contributed by atoms with E-state index in [1.807, 2.05) is 0 Å². The number of aryl methyl sites for hydroxylation is 2. The molecule has 0 radical (unpaired) electrons. The van der Waals surface area contributed by atoms with E-state index in [1.54, 1.807) is 6.92 Å². The third-order valence-electron chi connectivity index (χ3n) is 3.41. The molecule has 2 aromatic heterocycles. The van der Waals surface area contributed by atoms with Crippen LogP contribution in [-0.4, -0.2) is 49.9 Å². The van der Waals surface area contributed by atoms with E-state index in [-0.39, 0.29) is 6.10 Å². The molecule has 1 fully saturated rings. The molecule has 1 atom stereocenters. The van der Waals surface area contributed by atoms with Crippen LogP contribution in [0.1, 0.15) is 42.8 Å². The monoisotopic (exact) mass is 292 g/mol. The predicted octanol–water partition coefficient (Wildman–Crippen LogP) is 1.02. The fraction of sp³-hybridized carbons (Fsp3) is 0.692. The van der Waals surface area contributed by atoms with Crippen LogP contribution in [0, 0.1) is 6.92 Å². The van der Waals surface area contributed by atoms with Crippen LogP contribution in [0.5, 0.6) is 0 Å². The van der Waals surface area contributed by atoms with E-state index in [0.29, 0.717) is 24.9 Å². The molecule has 0 unspecified atom stereocenters. The maximum atomic E-state index is 5.78. The minimum Gasteiger partial charge on any atom is -0.367 e. The summed E-state index contributed by atoms with van der Waals surface area (Å²) in [5, 5.41) is 11.2. The highest BCUT2D eigenvalue weighted by molar-refractivity contribution is 4.97. The quantitative estimate of drug-likeness (QED) is 0.879. The van der Waals surface area contributed by atoms with E-state index in [1.165, 1.54) is 0 Å². The molecule has 8 nitrogen and oxygen atoms in total. The van der Waals surface area contributed by atoms with Gasteiger partial charge in [-0.2, -0.15) is 10.1 Å². The number of aromatic amines is 1. The molecular weight excluding hydrogens is 272 g/mol. The van der Waals surface area contributed by atoms with Crippen molar-refractivity contribution in [3.63, 3.8) is 0 Å². The van der Waals surface area contributed by atoms with Crippen LogP contribution in [0.2, 0.25) is 0 Å². The summed E-state index contributed by atoms with van der Waals surface area (Å²) in [5.41, 5.74) is 0. The van der Waals surface area contributed by atoms with Crippen molar-refractivity contribution in [2.75, 3.05) is 19.7 Å². The smallest absolute Gasteiger partial charge is 0.223 e. The average molecular weight is 292 g/mol. The van der Waals surface area contributed by atoms with E-state index >= 15 is 0 Å². The molecule has 1 aliphatic heterocycles. The van der Waals surface area contributed by atoms with Crippen LogP contribution < -0.4 is 0 Å². The van der Waals surface area contributed by atoms with Gasteiger partial charge < -0.3 is 9.26 Å². The maximum absolute atomic E-state index is 5.78. The lowest BCUT2D eigenvalue weighted by Crippen LogP contribution is -2.38. The van der Waals surface area contributed by atoms with Crippen molar-refractivity contribution in [1.82, 2.24) is 30.2 Å². The van der Waals surface area contributed by atoms with Crippen LogP contribution in [-0.2, 0) is 17.7 Å². The van der Waals surface area contributed by atoms with Gasteiger partial charge in [0.15, 0.2) is 11.6 Å². The molecule has 1 saturated heterocycles. The molecule has 0 spiro atoms. The minimum atomic E-state index is -0.103. The average Bonchev–Trinajstić information content (AvgIpc) is 3.09. The molecule has 0 amide bonds. The second-order valence-corrected chi connectivity index (χ2v) is 5.21. The standard InChI is InChI=1S/C13H20N6O2/c1-3-4-11-15-13(17-16-11)10-7-19(5-6-20-10)8-12-14-9(2)21-18-12/h10H,3-8H2,1-2H3,(H,15,16,17)/t10-/m1/s1. The number of aromatic nitrogens is 5. The summed E-state index contributed by atoms with van der Waals surface area (Å²) >= 11 is 0. The van der Waals surface area contributed by atoms with Gasteiger partial charge in [0, 0.05) is 26.4 Å². The van der Waals surface area contributed by atoms with Crippen molar-refractivity contribution in [1.29, 1.82) is 0 Å². The largest absolute Gasteiger partial charge is 0.367 e. The minimum absolute atomic E-state index is 0.103. The summed E-state index contributed by atoms with van der Waals surface area (Å²) in [7, 11) is 0. The van der Waals surface area contributed by atoms with E-state index in [2.05, 4.69) is 37.1 Å². The van der Waals surface area contributed by atoms with Gasteiger partial charge in [0.2, 0.25) is 5.89 Å².